The summed E-state index contributed by atoms with van der Waals surface area (Å²) in [6.07, 6.45) is 3.38. The van der Waals surface area contributed by atoms with Gasteiger partial charge in [-0.25, -0.2) is 4.79 Å². The molecule has 0 atom stereocenters. The number of aromatic nitrogens is 3. The molecule has 2 aromatic heterocycles. The van der Waals surface area contributed by atoms with Crippen LogP contribution in [0.5, 0.6) is 0 Å². The summed E-state index contributed by atoms with van der Waals surface area (Å²) in [5.41, 5.74) is 2.89. The number of benzene rings is 2. The Labute approximate surface area is 132 Å². The van der Waals surface area contributed by atoms with Gasteiger partial charge in [-0.05, 0) is 29.0 Å². The SMILES string of the molecule is O=c1nc(-c2ccncc2)cc(-c2cccc3ccccc23)[nH]1. The molecule has 0 saturated heterocycles. The van der Waals surface area contributed by atoms with Crippen LogP contribution in [0.25, 0.3) is 33.3 Å². The van der Waals surface area contributed by atoms with Gasteiger partial charge in [-0.2, -0.15) is 4.98 Å². The molecule has 0 unspecified atom stereocenters. The second-order valence-electron chi connectivity index (χ2n) is 5.25. The molecule has 0 bridgehead atoms. The van der Waals surface area contributed by atoms with Crippen molar-refractivity contribution in [1.29, 1.82) is 0 Å². The molecule has 4 aromatic rings. The summed E-state index contributed by atoms with van der Waals surface area (Å²) in [7, 11) is 0. The summed E-state index contributed by atoms with van der Waals surface area (Å²) in [5, 5.41) is 2.23. The predicted octanol–water partition coefficient (Wildman–Crippen LogP) is 3.65. The van der Waals surface area contributed by atoms with Crippen molar-refractivity contribution in [2.24, 2.45) is 0 Å². The van der Waals surface area contributed by atoms with Gasteiger partial charge in [-0.3, -0.25) is 4.98 Å². The number of fused-ring (bicyclic) bond motifs is 1. The summed E-state index contributed by atoms with van der Waals surface area (Å²) in [4.78, 5) is 22.9. The zero-order valence-electron chi connectivity index (χ0n) is 12.2. The van der Waals surface area contributed by atoms with Crippen LogP contribution < -0.4 is 5.69 Å². The number of rotatable bonds is 2. The highest BCUT2D eigenvalue weighted by Gasteiger charge is 2.08. The number of hydrogen-bond donors (Lipinski definition) is 1. The third-order valence-corrected chi connectivity index (χ3v) is 3.80. The first-order chi connectivity index (χ1) is 11.3. The molecular weight excluding hydrogens is 286 g/mol. The molecule has 2 aromatic carbocycles. The summed E-state index contributed by atoms with van der Waals surface area (Å²) in [6.45, 7) is 0. The number of aromatic amines is 1. The summed E-state index contributed by atoms with van der Waals surface area (Å²) in [6, 6.07) is 19.7. The van der Waals surface area contributed by atoms with Crippen molar-refractivity contribution in [3.8, 4) is 22.5 Å². The highest BCUT2D eigenvalue weighted by Crippen LogP contribution is 2.28. The fraction of sp³-hybridized carbons (Fsp3) is 0. The molecular formula is C19H13N3O. The van der Waals surface area contributed by atoms with E-state index < -0.39 is 0 Å². The standard InChI is InChI=1S/C19H13N3O/c23-19-21-17(14-8-10-20-11-9-14)12-18(22-19)16-7-3-5-13-4-1-2-6-15(13)16/h1-12H,(H,21,22,23). The van der Waals surface area contributed by atoms with E-state index in [0.29, 0.717) is 5.69 Å². The number of nitrogens with zero attached hydrogens (tertiary/aromatic N) is 2. The Bertz CT molecular complexity index is 1030. The predicted molar refractivity (Wildman–Crippen MR) is 91.0 cm³/mol. The molecule has 1 N–H and O–H groups in total. The van der Waals surface area contributed by atoms with Crippen LogP contribution in [-0.2, 0) is 0 Å². The average molecular weight is 299 g/mol. The highest BCUT2D eigenvalue weighted by atomic mass is 16.1. The Morgan fingerprint density at radius 3 is 2.52 bits per heavy atom. The van der Waals surface area contributed by atoms with Crippen LogP contribution in [0.2, 0.25) is 0 Å². The Morgan fingerprint density at radius 1 is 0.870 bits per heavy atom. The molecule has 0 aliphatic rings. The van der Waals surface area contributed by atoms with E-state index in [9.17, 15) is 4.79 Å². The average Bonchev–Trinajstić information content (AvgIpc) is 2.61. The molecule has 0 fully saturated rings. The Morgan fingerprint density at radius 2 is 1.65 bits per heavy atom. The fourth-order valence-electron chi connectivity index (χ4n) is 2.73. The lowest BCUT2D eigenvalue weighted by molar-refractivity contribution is 1.09. The van der Waals surface area contributed by atoms with Crippen molar-refractivity contribution in [2.45, 2.75) is 0 Å². The molecule has 0 aliphatic heterocycles. The molecule has 110 valence electrons. The van der Waals surface area contributed by atoms with Gasteiger partial charge < -0.3 is 4.98 Å². The lowest BCUT2D eigenvalue weighted by atomic mass is 10.0. The van der Waals surface area contributed by atoms with E-state index in [0.717, 1.165) is 27.6 Å². The molecule has 0 amide bonds. The van der Waals surface area contributed by atoms with Gasteiger partial charge >= 0.3 is 5.69 Å². The number of hydrogen-bond acceptors (Lipinski definition) is 3. The molecule has 2 heterocycles. The van der Waals surface area contributed by atoms with Crippen molar-refractivity contribution in [2.75, 3.05) is 0 Å². The first-order valence-electron chi connectivity index (χ1n) is 7.31. The minimum absolute atomic E-state index is 0.359. The molecule has 4 nitrogen and oxygen atoms in total. The van der Waals surface area contributed by atoms with E-state index >= 15 is 0 Å². The van der Waals surface area contributed by atoms with Crippen molar-refractivity contribution < 1.29 is 0 Å². The Kier molecular flexibility index (Phi) is 3.20. The summed E-state index contributed by atoms with van der Waals surface area (Å²) in [5.74, 6) is 0. The van der Waals surface area contributed by atoms with Crippen LogP contribution in [0.15, 0.2) is 77.9 Å². The largest absolute Gasteiger partial charge is 0.345 e. The zero-order valence-corrected chi connectivity index (χ0v) is 12.2. The lowest BCUT2D eigenvalue weighted by Gasteiger charge is -2.08. The monoisotopic (exact) mass is 299 g/mol. The molecule has 0 aliphatic carbocycles. The second-order valence-corrected chi connectivity index (χ2v) is 5.25. The maximum absolute atomic E-state index is 12.0. The van der Waals surface area contributed by atoms with Crippen LogP contribution in [-0.4, -0.2) is 15.0 Å². The van der Waals surface area contributed by atoms with Crippen LogP contribution in [0.4, 0.5) is 0 Å². The van der Waals surface area contributed by atoms with Gasteiger partial charge in [0.1, 0.15) is 0 Å². The van der Waals surface area contributed by atoms with Gasteiger partial charge in [0.2, 0.25) is 0 Å². The van der Waals surface area contributed by atoms with Crippen molar-refractivity contribution in [3.05, 3.63) is 83.5 Å². The van der Waals surface area contributed by atoms with E-state index in [1.165, 1.54) is 0 Å². The van der Waals surface area contributed by atoms with E-state index in [1.807, 2.05) is 42.5 Å². The van der Waals surface area contributed by atoms with E-state index in [2.05, 4.69) is 33.2 Å². The molecule has 23 heavy (non-hydrogen) atoms. The third kappa shape index (κ3) is 2.51. The van der Waals surface area contributed by atoms with Crippen LogP contribution in [0, 0.1) is 0 Å². The number of nitrogens with one attached hydrogen (secondary N) is 1. The molecule has 4 heteroatoms. The first-order valence-corrected chi connectivity index (χ1v) is 7.31. The third-order valence-electron chi connectivity index (χ3n) is 3.80. The van der Waals surface area contributed by atoms with E-state index in [-0.39, 0.29) is 5.69 Å². The van der Waals surface area contributed by atoms with E-state index in [1.54, 1.807) is 12.4 Å². The lowest BCUT2D eigenvalue weighted by Crippen LogP contribution is -2.12. The normalized spacial score (nSPS) is 10.8. The first kappa shape index (κ1) is 13.4. The maximum atomic E-state index is 12.0. The topological polar surface area (TPSA) is 58.6 Å². The molecule has 4 rings (SSSR count). The van der Waals surface area contributed by atoms with Gasteiger partial charge in [0.25, 0.3) is 0 Å². The zero-order chi connectivity index (χ0) is 15.6. The quantitative estimate of drug-likeness (QED) is 0.614. The molecule has 0 spiro atoms. The van der Waals surface area contributed by atoms with Crippen molar-refractivity contribution in [3.63, 3.8) is 0 Å². The Balaban J connectivity index is 1.96. The smallest absolute Gasteiger partial charge is 0.305 e. The number of H-pyrrole nitrogens is 1. The second kappa shape index (κ2) is 5.50. The molecule has 0 saturated carbocycles. The van der Waals surface area contributed by atoms with Crippen molar-refractivity contribution >= 4 is 10.8 Å². The van der Waals surface area contributed by atoms with Gasteiger partial charge in [-0.15, -0.1) is 0 Å². The van der Waals surface area contributed by atoms with Crippen LogP contribution >= 0.6 is 0 Å². The van der Waals surface area contributed by atoms with Crippen LogP contribution in [0.1, 0.15) is 0 Å². The van der Waals surface area contributed by atoms with Gasteiger partial charge in [0.05, 0.1) is 11.4 Å². The van der Waals surface area contributed by atoms with Gasteiger partial charge in [0.15, 0.2) is 0 Å². The van der Waals surface area contributed by atoms with Crippen molar-refractivity contribution in [1.82, 2.24) is 15.0 Å². The van der Waals surface area contributed by atoms with Gasteiger partial charge in [-0.1, -0.05) is 42.5 Å². The minimum atomic E-state index is -0.359. The highest BCUT2D eigenvalue weighted by molar-refractivity contribution is 5.96. The summed E-state index contributed by atoms with van der Waals surface area (Å²) >= 11 is 0. The maximum Gasteiger partial charge on any atom is 0.345 e. The van der Waals surface area contributed by atoms with Gasteiger partial charge in [0, 0.05) is 23.5 Å². The summed E-state index contributed by atoms with van der Waals surface area (Å²) < 4.78 is 0. The Hall–Kier alpha value is -3.27. The molecule has 0 radical (unpaired) electrons. The van der Waals surface area contributed by atoms with Crippen LogP contribution in [0.3, 0.4) is 0 Å². The van der Waals surface area contributed by atoms with E-state index in [4.69, 9.17) is 0 Å². The number of pyridine rings is 1. The fourth-order valence-corrected chi connectivity index (χ4v) is 2.73. The minimum Gasteiger partial charge on any atom is -0.305 e.